The summed E-state index contributed by atoms with van der Waals surface area (Å²) in [7, 11) is 0. The monoisotopic (exact) mass is 249 g/mol. The summed E-state index contributed by atoms with van der Waals surface area (Å²) in [4.78, 5) is 15.4. The minimum atomic E-state index is -1.03. The molecule has 1 heterocycles. The third-order valence-electron chi connectivity index (χ3n) is 2.42. The van der Waals surface area contributed by atoms with E-state index in [-0.39, 0.29) is 0 Å². The van der Waals surface area contributed by atoms with E-state index in [2.05, 4.69) is 4.98 Å². The minimum Gasteiger partial charge on any atom is -0.479 e. The fraction of sp³-hybridized carbons (Fsp3) is 0.231. The molecular weight excluding hydrogens is 238 g/mol. The molecule has 17 heavy (non-hydrogen) atoms. The van der Waals surface area contributed by atoms with Gasteiger partial charge in [0.2, 0.25) is 0 Å². The van der Waals surface area contributed by atoms with E-state index in [4.69, 9.17) is 16.3 Å². The van der Waals surface area contributed by atoms with Crippen molar-refractivity contribution in [2.45, 2.75) is 19.4 Å². The molecule has 1 aromatic carbocycles. The topological polar surface area (TPSA) is 39.2 Å². The highest BCUT2D eigenvalue weighted by atomic mass is 35.5. The van der Waals surface area contributed by atoms with Crippen molar-refractivity contribution in [3.63, 3.8) is 0 Å². The fourth-order valence-corrected chi connectivity index (χ4v) is 1.49. The van der Waals surface area contributed by atoms with Crippen LogP contribution in [0, 0.1) is 0 Å². The highest BCUT2D eigenvalue weighted by Crippen LogP contribution is 2.24. The van der Waals surface area contributed by atoms with Crippen LogP contribution in [0.15, 0.2) is 36.5 Å². The van der Waals surface area contributed by atoms with Gasteiger partial charge in [0.1, 0.15) is 5.75 Å². The van der Waals surface area contributed by atoms with Gasteiger partial charge in [-0.05, 0) is 49.7 Å². The molecule has 0 bridgehead atoms. The van der Waals surface area contributed by atoms with Crippen molar-refractivity contribution in [2.24, 2.45) is 0 Å². The Morgan fingerprint density at radius 1 is 1.35 bits per heavy atom. The largest absolute Gasteiger partial charge is 0.479 e. The summed E-state index contributed by atoms with van der Waals surface area (Å²) in [5, 5.41) is 0.437. The van der Waals surface area contributed by atoms with Crippen molar-refractivity contribution in [1.29, 1.82) is 0 Å². The van der Waals surface area contributed by atoms with Crippen molar-refractivity contribution in [3.8, 4) is 5.75 Å². The van der Waals surface area contributed by atoms with Gasteiger partial charge in [-0.3, -0.25) is 9.78 Å². The summed E-state index contributed by atoms with van der Waals surface area (Å²) in [6.07, 6.45) is 1.73. The molecule has 0 aliphatic heterocycles. The van der Waals surface area contributed by atoms with Crippen molar-refractivity contribution < 1.29 is 9.53 Å². The van der Waals surface area contributed by atoms with Crippen molar-refractivity contribution in [2.75, 3.05) is 0 Å². The quantitative estimate of drug-likeness (QED) is 0.785. The number of pyridine rings is 1. The molecule has 1 aromatic heterocycles. The average molecular weight is 250 g/mol. The van der Waals surface area contributed by atoms with E-state index in [1.807, 2.05) is 24.3 Å². The number of ether oxygens (including phenoxy) is 1. The van der Waals surface area contributed by atoms with Crippen LogP contribution in [0.4, 0.5) is 0 Å². The van der Waals surface area contributed by atoms with E-state index in [0.29, 0.717) is 5.75 Å². The van der Waals surface area contributed by atoms with Crippen LogP contribution in [-0.4, -0.2) is 15.8 Å². The zero-order valence-corrected chi connectivity index (χ0v) is 10.4. The average Bonchev–Trinajstić information content (AvgIpc) is 2.28. The van der Waals surface area contributed by atoms with E-state index in [1.54, 1.807) is 26.1 Å². The Bertz CT molecular complexity index is 566. The predicted octanol–water partition coefficient (Wildman–Crippen LogP) is 3.16. The molecule has 0 N–H and O–H groups in total. The number of rotatable bonds is 3. The summed E-state index contributed by atoms with van der Waals surface area (Å²) in [5.74, 6) is 0.601. The van der Waals surface area contributed by atoms with Crippen LogP contribution in [0.1, 0.15) is 13.8 Å². The molecule has 4 heteroatoms. The normalized spacial score (nSPS) is 11.5. The number of nitrogens with zero attached hydrogens (tertiary/aromatic N) is 1. The van der Waals surface area contributed by atoms with Crippen LogP contribution in [0.2, 0.25) is 0 Å². The Kier molecular flexibility index (Phi) is 3.03. The lowest BCUT2D eigenvalue weighted by Crippen LogP contribution is -2.34. The fourth-order valence-electron chi connectivity index (χ4n) is 1.45. The van der Waals surface area contributed by atoms with Gasteiger partial charge in [-0.25, -0.2) is 0 Å². The zero-order chi connectivity index (χ0) is 12.5. The lowest BCUT2D eigenvalue weighted by molar-refractivity contribution is -0.123. The number of carbonyl (C=O) groups is 1. The molecule has 0 spiro atoms. The molecule has 0 saturated carbocycles. The zero-order valence-electron chi connectivity index (χ0n) is 9.61. The Labute approximate surface area is 104 Å². The van der Waals surface area contributed by atoms with E-state index >= 15 is 0 Å². The molecule has 0 atom stereocenters. The molecule has 0 aliphatic rings. The van der Waals surface area contributed by atoms with Crippen LogP contribution in [-0.2, 0) is 4.79 Å². The third kappa shape index (κ3) is 2.56. The molecule has 0 unspecified atom stereocenters. The van der Waals surface area contributed by atoms with Crippen molar-refractivity contribution in [3.05, 3.63) is 36.5 Å². The highest BCUT2D eigenvalue weighted by Gasteiger charge is 2.27. The molecule has 2 aromatic rings. The van der Waals surface area contributed by atoms with E-state index in [9.17, 15) is 4.79 Å². The van der Waals surface area contributed by atoms with E-state index in [0.717, 1.165) is 10.9 Å². The van der Waals surface area contributed by atoms with Crippen LogP contribution in [0.25, 0.3) is 10.9 Å². The standard InChI is InChI=1S/C13H12ClNO2/c1-13(2,12(14)16)17-10-5-6-11-9(8-10)4-3-7-15-11/h3-8H,1-2H3. The first-order valence-corrected chi connectivity index (χ1v) is 5.60. The van der Waals surface area contributed by atoms with Crippen molar-refractivity contribution >= 4 is 27.7 Å². The molecular formula is C13H12ClNO2. The third-order valence-corrected chi connectivity index (χ3v) is 2.88. The van der Waals surface area contributed by atoms with Crippen LogP contribution >= 0.6 is 11.6 Å². The molecule has 2 rings (SSSR count). The first kappa shape index (κ1) is 11.9. The molecule has 0 aliphatic carbocycles. The van der Waals surface area contributed by atoms with Gasteiger partial charge in [-0.1, -0.05) is 6.07 Å². The number of carbonyl (C=O) groups excluding carboxylic acids is 1. The summed E-state index contributed by atoms with van der Waals surface area (Å²) in [6.45, 7) is 3.27. The highest BCUT2D eigenvalue weighted by molar-refractivity contribution is 6.65. The minimum absolute atomic E-state index is 0.524. The van der Waals surface area contributed by atoms with Gasteiger partial charge in [0.05, 0.1) is 5.52 Å². The van der Waals surface area contributed by atoms with E-state index in [1.165, 1.54) is 0 Å². The summed E-state index contributed by atoms with van der Waals surface area (Å²) in [5.41, 5.74) is -0.146. The number of aromatic nitrogens is 1. The van der Waals surface area contributed by atoms with Gasteiger partial charge < -0.3 is 4.74 Å². The molecule has 3 nitrogen and oxygen atoms in total. The van der Waals surface area contributed by atoms with Crippen molar-refractivity contribution in [1.82, 2.24) is 4.98 Å². The maximum absolute atomic E-state index is 11.2. The van der Waals surface area contributed by atoms with Gasteiger partial charge in [-0.15, -0.1) is 0 Å². The van der Waals surface area contributed by atoms with Crippen LogP contribution in [0.3, 0.4) is 0 Å². The van der Waals surface area contributed by atoms with Gasteiger partial charge in [-0.2, -0.15) is 0 Å². The number of hydrogen-bond donors (Lipinski definition) is 0. The number of hydrogen-bond acceptors (Lipinski definition) is 3. The smallest absolute Gasteiger partial charge is 0.264 e. The number of fused-ring (bicyclic) bond motifs is 1. The number of benzene rings is 1. The maximum atomic E-state index is 11.2. The maximum Gasteiger partial charge on any atom is 0.264 e. The summed E-state index contributed by atoms with van der Waals surface area (Å²) in [6, 6.07) is 9.24. The SMILES string of the molecule is CC(C)(Oc1ccc2ncccc2c1)C(=O)Cl. The first-order chi connectivity index (χ1) is 7.99. The molecule has 0 fully saturated rings. The lowest BCUT2D eigenvalue weighted by atomic mass is 10.1. The second-order valence-corrected chi connectivity index (χ2v) is 4.59. The molecule has 88 valence electrons. The summed E-state index contributed by atoms with van der Waals surface area (Å²) >= 11 is 5.46. The second-order valence-electron chi connectivity index (χ2n) is 4.24. The second kappa shape index (κ2) is 4.34. The van der Waals surface area contributed by atoms with Gasteiger partial charge >= 0.3 is 0 Å². The first-order valence-electron chi connectivity index (χ1n) is 5.23. The summed E-state index contributed by atoms with van der Waals surface area (Å²) < 4.78 is 5.56. The lowest BCUT2D eigenvalue weighted by Gasteiger charge is -2.22. The Hall–Kier alpha value is -1.61. The van der Waals surface area contributed by atoms with Gasteiger partial charge in [0.15, 0.2) is 5.60 Å². The predicted molar refractivity (Wildman–Crippen MR) is 67.3 cm³/mol. The molecule has 0 amide bonds. The Morgan fingerprint density at radius 2 is 2.12 bits per heavy atom. The molecule has 0 saturated heterocycles. The van der Waals surface area contributed by atoms with Gasteiger partial charge in [0.25, 0.3) is 5.24 Å². The number of halogens is 1. The Balaban J connectivity index is 2.34. The van der Waals surface area contributed by atoms with Crippen LogP contribution in [0.5, 0.6) is 5.75 Å². The Morgan fingerprint density at radius 3 is 2.82 bits per heavy atom. The van der Waals surface area contributed by atoms with Gasteiger partial charge in [0, 0.05) is 11.6 Å². The van der Waals surface area contributed by atoms with E-state index < -0.39 is 10.8 Å². The molecule has 0 radical (unpaired) electrons. The van der Waals surface area contributed by atoms with Crippen LogP contribution < -0.4 is 4.74 Å².